The molecule has 2 N–H and O–H groups in total. The molecule has 0 aliphatic heterocycles. The number of nitrogens with one attached hydrogen (secondary N) is 2. The van der Waals surface area contributed by atoms with E-state index < -0.39 is 0 Å². The molecular weight excluding hydrogens is 274 g/mol. The predicted molar refractivity (Wildman–Crippen MR) is 82.7 cm³/mol. The van der Waals surface area contributed by atoms with E-state index in [0.717, 1.165) is 16.8 Å². The van der Waals surface area contributed by atoms with Gasteiger partial charge in [-0.25, -0.2) is 4.98 Å². The number of amides is 1. The lowest BCUT2D eigenvalue weighted by molar-refractivity contribution is 0.102. The standard InChI is InChI=1S/C15H16ClN3O/c1-9-4-6-12(10(2)8-9)18-15(20)14-11(16)5-7-13(17-3)19-14/h4-8H,1-3H3,(H,17,19)(H,18,20). The summed E-state index contributed by atoms with van der Waals surface area (Å²) in [6, 6.07) is 9.20. The molecule has 0 bridgehead atoms. The van der Waals surface area contributed by atoms with E-state index in [1.165, 1.54) is 0 Å². The number of hydrogen-bond acceptors (Lipinski definition) is 3. The van der Waals surface area contributed by atoms with Crippen molar-refractivity contribution >= 4 is 29.0 Å². The van der Waals surface area contributed by atoms with Gasteiger partial charge in [0.15, 0.2) is 0 Å². The van der Waals surface area contributed by atoms with Gasteiger partial charge in [-0.3, -0.25) is 4.79 Å². The third-order valence-corrected chi connectivity index (χ3v) is 3.25. The van der Waals surface area contributed by atoms with E-state index in [4.69, 9.17) is 11.6 Å². The predicted octanol–water partition coefficient (Wildman–Crippen LogP) is 3.65. The topological polar surface area (TPSA) is 54.0 Å². The summed E-state index contributed by atoms with van der Waals surface area (Å²) in [5.41, 5.74) is 3.11. The van der Waals surface area contributed by atoms with Gasteiger partial charge in [0.25, 0.3) is 5.91 Å². The third-order valence-electron chi connectivity index (χ3n) is 2.95. The summed E-state index contributed by atoms with van der Waals surface area (Å²) in [6.07, 6.45) is 0. The number of hydrogen-bond donors (Lipinski definition) is 2. The summed E-state index contributed by atoms with van der Waals surface area (Å²) in [5.74, 6) is 0.277. The average Bonchev–Trinajstić information content (AvgIpc) is 2.42. The number of benzene rings is 1. The molecule has 20 heavy (non-hydrogen) atoms. The van der Waals surface area contributed by atoms with Gasteiger partial charge in [0.1, 0.15) is 11.5 Å². The molecule has 0 aliphatic carbocycles. The number of carbonyl (C=O) groups is 1. The van der Waals surface area contributed by atoms with E-state index in [2.05, 4.69) is 15.6 Å². The molecule has 1 heterocycles. The second kappa shape index (κ2) is 5.92. The Morgan fingerprint density at radius 2 is 1.95 bits per heavy atom. The number of aryl methyl sites for hydroxylation is 2. The van der Waals surface area contributed by atoms with E-state index in [1.807, 2.05) is 32.0 Å². The SMILES string of the molecule is CNc1ccc(Cl)c(C(=O)Nc2ccc(C)cc2C)n1. The first-order valence-corrected chi connectivity index (χ1v) is 6.62. The largest absolute Gasteiger partial charge is 0.373 e. The Labute approximate surface area is 123 Å². The highest BCUT2D eigenvalue weighted by molar-refractivity contribution is 6.34. The summed E-state index contributed by atoms with van der Waals surface area (Å²) in [6.45, 7) is 3.95. The molecule has 5 heteroatoms. The zero-order valence-corrected chi connectivity index (χ0v) is 12.4. The Bertz CT molecular complexity index is 656. The monoisotopic (exact) mass is 289 g/mol. The maximum absolute atomic E-state index is 12.3. The van der Waals surface area contributed by atoms with Crippen molar-refractivity contribution < 1.29 is 4.79 Å². The lowest BCUT2D eigenvalue weighted by atomic mass is 10.1. The molecule has 0 unspecified atom stereocenters. The second-order valence-electron chi connectivity index (χ2n) is 4.55. The number of rotatable bonds is 3. The van der Waals surface area contributed by atoms with Crippen LogP contribution in [-0.2, 0) is 0 Å². The summed E-state index contributed by atoms with van der Waals surface area (Å²) in [4.78, 5) is 16.4. The van der Waals surface area contributed by atoms with E-state index in [1.54, 1.807) is 19.2 Å². The van der Waals surface area contributed by atoms with Crippen LogP contribution in [0, 0.1) is 13.8 Å². The van der Waals surface area contributed by atoms with Crippen molar-refractivity contribution in [1.29, 1.82) is 0 Å². The summed E-state index contributed by atoms with van der Waals surface area (Å²) in [5, 5.41) is 6.04. The smallest absolute Gasteiger partial charge is 0.275 e. The molecule has 2 rings (SSSR count). The fraction of sp³-hybridized carbons (Fsp3) is 0.200. The number of aromatic nitrogens is 1. The molecule has 0 atom stereocenters. The third kappa shape index (κ3) is 3.08. The van der Waals surface area contributed by atoms with Crippen molar-refractivity contribution in [1.82, 2.24) is 4.98 Å². The van der Waals surface area contributed by atoms with Crippen LogP contribution < -0.4 is 10.6 Å². The quantitative estimate of drug-likeness (QED) is 0.907. The van der Waals surface area contributed by atoms with Crippen LogP contribution in [0.25, 0.3) is 0 Å². The first kappa shape index (κ1) is 14.3. The highest BCUT2D eigenvalue weighted by Crippen LogP contribution is 2.20. The molecule has 1 amide bonds. The lowest BCUT2D eigenvalue weighted by Crippen LogP contribution is -2.15. The van der Waals surface area contributed by atoms with Gasteiger partial charge in [0.05, 0.1) is 5.02 Å². The molecule has 0 saturated carbocycles. The van der Waals surface area contributed by atoms with Crippen LogP contribution in [-0.4, -0.2) is 17.9 Å². The molecule has 1 aromatic heterocycles. The van der Waals surface area contributed by atoms with E-state index in [9.17, 15) is 4.79 Å². The average molecular weight is 290 g/mol. The molecule has 2 aromatic rings. The number of pyridine rings is 1. The van der Waals surface area contributed by atoms with Crippen molar-refractivity contribution in [2.24, 2.45) is 0 Å². The van der Waals surface area contributed by atoms with Crippen LogP contribution in [0.4, 0.5) is 11.5 Å². The number of halogens is 1. The first-order chi connectivity index (χ1) is 9.51. The van der Waals surface area contributed by atoms with Crippen LogP contribution in [0.3, 0.4) is 0 Å². The Morgan fingerprint density at radius 3 is 2.60 bits per heavy atom. The van der Waals surface area contributed by atoms with Gasteiger partial charge in [-0.2, -0.15) is 0 Å². The second-order valence-corrected chi connectivity index (χ2v) is 4.96. The normalized spacial score (nSPS) is 10.2. The zero-order chi connectivity index (χ0) is 14.7. The molecule has 104 valence electrons. The van der Waals surface area contributed by atoms with Gasteiger partial charge in [-0.05, 0) is 37.6 Å². The summed E-state index contributed by atoms with van der Waals surface area (Å²) < 4.78 is 0. The zero-order valence-electron chi connectivity index (χ0n) is 11.6. The van der Waals surface area contributed by atoms with Gasteiger partial charge in [0.2, 0.25) is 0 Å². The van der Waals surface area contributed by atoms with Crippen LogP contribution in [0.2, 0.25) is 5.02 Å². The molecule has 0 saturated heterocycles. The van der Waals surface area contributed by atoms with Crippen LogP contribution in [0.15, 0.2) is 30.3 Å². The fourth-order valence-corrected chi connectivity index (χ4v) is 2.07. The van der Waals surface area contributed by atoms with Gasteiger partial charge in [-0.15, -0.1) is 0 Å². The minimum atomic E-state index is -0.320. The fourth-order valence-electron chi connectivity index (χ4n) is 1.88. The Kier molecular flexibility index (Phi) is 4.25. The summed E-state index contributed by atoms with van der Waals surface area (Å²) >= 11 is 6.03. The van der Waals surface area contributed by atoms with Gasteiger partial charge < -0.3 is 10.6 Å². The molecule has 0 radical (unpaired) electrons. The Hall–Kier alpha value is -2.07. The van der Waals surface area contributed by atoms with Crippen molar-refractivity contribution in [2.45, 2.75) is 13.8 Å². The minimum absolute atomic E-state index is 0.207. The molecule has 0 spiro atoms. The molecule has 0 aliphatic rings. The van der Waals surface area contributed by atoms with Crippen LogP contribution >= 0.6 is 11.6 Å². The van der Waals surface area contributed by atoms with E-state index >= 15 is 0 Å². The van der Waals surface area contributed by atoms with Crippen LogP contribution in [0.5, 0.6) is 0 Å². The van der Waals surface area contributed by atoms with Crippen LogP contribution in [0.1, 0.15) is 21.6 Å². The van der Waals surface area contributed by atoms with E-state index in [0.29, 0.717) is 10.8 Å². The van der Waals surface area contributed by atoms with Gasteiger partial charge >= 0.3 is 0 Å². The number of carbonyl (C=O) groups excluding carboxylic acids is 1. The van der Waals surface area contributed by atoms with Crippen molar-refractivity contribution in [3.8, 4) is 0 Å². The number of nitrogens with zero attached hydrogens (tertiary/aromatic N) is 1. The number of anilines is 2. The molecular formula is C15H16ClN3O. The Balaban J connectivity index is 2.28. The minimum Gasteiger partial charge on any atom is -0.373 e. The van der Waals surface area contributed by atoms with Gasteiger partial charge in [-0.1, -0.05) is 29.3 Å². The lowest BCUT2D eigenvalue weighted by Gasteiger charge is -2.10. The highest BCUT2D eigenvalue weighted by Gasteiger charge is 2.14. The Morgan fingerprint density at radius 1 is 1.20 bits per heavy atom. The molecule has 1 aromatic carbocycles. The summed E-state index contributed by atoms with van der Waals surface area (Å²) in [7, 11) is 1.74. The van der Waals surface area contributed by atoms with Crippen molar-refractivity contribution in [3.63, 3.8) is 0 Å². The van der Waals surface area contributed by atoms with Crippen molar-refractivity contribution in [3.05, 3.63) is 52.2 Å². The maximum atomic E-state index is 12.3. The van der Waals surface area contributed by atoms with Crippen molar-refractivity contribution in [2.75, 3.05) is 17.7 Å². The first-order valence-electron chi connectivity index (χ1n) is 6.24. The van der Waals surface area contributed by atoms with E-state index in [-0.39, 0.29) is 11.6 Å². The highest BCUT2D eigenvalue weighted by atomic mass is 35.5. The van der Waals surface area contributed by atoms with Gasteiger partial charge in [0, 0.05) is 12.7 Å². The molecule has 4 nitrogen and oxygen atoms in total. The maximum Gasteiger partial charge on any atom is 0.275 e. The molecule has 0 fully saturated rings.